The lowest BCUT2D eigenvalue weighted by atomic mass is 9.96. The third-order valence-corrected chi connectivity index (χ3v) is 7.20. The second-order valence-corrected chi connectivity index (χ2v) is 8.93. The maximum Gasteiger partial charge on any atom is 0.409 e. The minimum atomic E-state index is -0.156. The number of piperazine rings is 1. The molecule has 1 amide bonds. The number of carbonyl (C=O) groups is 1. The van der Waals surface area contributed by atoms with Gasteiger partial charge >= 0.3 is 6.09 Å². The number of anilines is 1. The Kier molecular flexibility index (Phi) is 7.56. The van der Waals surface area contributed by atoms with E-state index >= 15 is 0 Å². The number of piperidine rings is 2. The SMILES string of the molecule is CCOC(=O)N1CCN([C@H]2CCCN(C3CCN(c4ccc(OC)cc4)CC3)C2)CC1. The van der Waals surface area contributed by atoms with Crippen LogP contribution in [-0.4, -0.2) is 99.0 Å². The molecule has 4 rings (SSSR count). The Morgan fingerprint density at radius 3 is 2.26 bits per heavy atom. The monoisotopic (exact) mass is 430 g/mol. The largest absolute Gasteiger partial charge is 0.497 e. The molecule has 0 N–H and O–H groups in total. The summed E-state index contributed by atoms with van der Waals surface area (Å²) in [5.74, 6) is 0.918. The van der Waals surface area contributed by atoms with E-state index < -0.39 is 0 Å². The van der Waals surface area contributed by atoms with E-state index in [0.717, 1.165) is 45.0 Å². The van der Waals surface area contributed by atoms with Crippen molar-refractivity contribution in [3.05, 3.63) is 24.3 Å². The van der Waals surface area contributed by atoms with Crippen LogP contribution in [0.3, 0.4) is 0 Å². The van der Waals surface area contributed by atoms with Crippen LogP contribution < -0.4 is 9.64 Å². The normalized spacial score (nSPS) is 24.3. The zero-order chi connectivity index (χ0) is 21.6. The van der Waals surface area contributed by atoms with Crippen molar-refractivity contribution < 1.29 is 14.3 Å². The van der Waals surface area contributed by atoms with Gasteiger partial charge in [-0.3, -0.25) is 9.80 Å². The van der Waals surface area contributed by atoms with Gasteiger partial charge in [-0.2, -0.15) is 0 Å². The molecule has 1 aromatic rings. The Morgan fingerprint density at radius 2 is 1.61 bits per heavy atom. The number of ether oxygens (including phenoxy) is 2. The predicted molar refractivity (Wildman–Crippen MR) is 123 cm³/mol. The third kappa shape index (κ3) is 5.44. The number of nitrogens with zero attached hydrogens (tertiary/aromatic N) is 4. The average Bonchev–Trinajstić information content (AvgIpc) is 2.84. The molecular formula is C24H38N4O3. The molecule has 3 saturated heterocycles. The van der Waals surface area contributed by atoms with Crippen molar-refractivity contribution in [2.45, 2.75) is 44.7 Å². The van der Waals surface area contributed by atoms with Crippen molar-refractivity contribution in [3.8, 4) is 5.75 Å². The van der Waals surface area contributed by atoms with Crippen molar-refractivity contribution in [1.82, 2.24) is 14.7 Å². The average molecular weight is 431 g/mol. The Hall–Kier alpha value is -1.99. The molecule has 0 aromatic heterocycles. The number of benzene rings is 1. The number of methoxy groups -OCH3 is 1. The third-order valence-electron chi connectivity index (χ3n) is 7.20. The summed E-state index contributed by atoms with van der Waals surface area (Å²) < 4.78 is 10.4. The quantitative estimate of drug-likeness (QED) is 0.716. The summed E-state index contributed by atoms with van der Waals surface area (Å²) in [6.07, 6.45) is 4.86. The molecule has 172 valence electrons. The minimum absolute atomic E-state index is 0.156. The van der Waals surface area contributed by atoms with E-state index in [1.165, 1.54) is 44.5 Å². The lowest BCUT2D eigenvalue weighted by molar-refractivity contribution is 0.0290. The topological polar surface area (TPSA) is 48.5 Å². The van der Waals surface area contributed by atoms with E-state index in [2.05, 4.69) is 39.0 Å². The fraction of sp³-hybridized carbons (Fsp3) is 0.708. The minimum Gasteiger partial charge on any atom is -0.497 e. The maximum absolute atomic E-state index is 12.0. The lowest BCUT2D eigenvalue weighted by Gasteiger charge is -2.46. The fourth-order valence-electron chi connectivity index (χ4n) is 5.38. The molecule has 3 heterocycles. The number of hydrogen-bond donors (Lipinski definition) is 0. The van der Waals surface area contributed by atoms with E-state index in [0.29, 0.717) is 18.7 Å². The highest BCUT2D eigenvalue weighted by Crippen LogP contribution is 2.27. The van der Waals surface area contributed by atoms with Crippen molar-refractivity contribution in [3.63, 3.8) is 0 Å². The van der Waals surface area contributed by atoms with Gasteiger partial charge in [-0.15, -0.1) is 0 Å². The van der Waals surface area contributed by atoms with E-state index in [9.17, 15) is 4.79 Å². The molecule has 1 aromatic carbocycles. The highest BCUT2D eigenvalue weighted by atomic mass is 16.6. The van der Waals surface area contributed by atoms with Crippen LogP contribution in [0.25, 0.3) is 0 Å². The van der Waals surface area contributed by atoms with Crippen LogP contribution in [0.4, 0.5) is 10.5 Å². The molecule has 0 radical (unpaired) electrons. The number of hydrogen-bond acceptors (Lipinski definition) is 6. The van der Waals surface area contributed by atoms with Crippen LogP contribution in [0.2, 0.25) is 0 Å². The van der Waals surface area contributed by atoms with Gasteiger partial charge in [0.25, 0.3) is 0 Å². The Balaban J connectivity index is 1.24. The second kappa shape index (κ2) is 10.6. The maximum atomic E-state index is 12.0. The van der Waals surface area contributed by atoms with Crippen molar-refractivity contribution >= 4 is 11.8 Å². The fourth-order valence-corrected chi connectivity index (χ4v) is 5.38. The second-order valence-electron chi connectivity index (χ2n) is 8.93. The summed E-state index contributed by atoms with van der Waals surface area (Å²) in [7, 11) is 1.71. The Labute approximate surface area is 186 Å². The molecule has 0 unspecified atom stereocenters. The molecule has 31 heavy (non-hydrogen) atoms. The first-order valence-electron chi connectivity index (χ1n) is 12.0. The Morgan fingerprint density at radius 1 is 0.903 bits per heavy atom. The number of carbonyl (C=O) groups excluding carboxylic acids is 1. The highest BCUT2D eigenvalue weighted by molar-refractivity contribution is 5.67. The molecule has 3 aliphatic rings. The van der Waals surface area contributed by atoms with Crippen LogP contribution in [0.1, 0.15) is 32.6 Å². The van der Waals surface area contributed by atoms with Crippen molar-refractivity contribution in [2.24, 2.45) is 0 Å². The van der Waals surface area contributed by atoms with Gasteiger partial charge in [0, 0.05) is 63.6 Å². The summed E-state index contributed by atoms with van der Waals surface area (Å²) in [6.45, 7) is 10.5. The molecule has 0 saturated carbocycles. The van der Waals surface area contributed by atoms with Gasteiger partial charge in [-0.25, -0.2) is 4.79 Å². The highest BCUT2D eigenvalue weighted by Gasteiger charge is 2.33. The summed E-state index contributed by atoms with van der Waals surface area (Å²) >= 11 is 0. The van der Waals surface area contributed by atoms with Crippen LogP contribution in [0.5, 0.6) is 5.75 Å². The van der Waals surface area contributed by atoms with Crippen LogP contribution in [-0.2, 0) is 4.74 Å². The van der Waals surface area contributed by atoms with Gasteiger partial charge in [-0.05, 0) is 63.4 Å². The molecule has 7 nitrogen and oxygen atoms in total. The zero-order valence-corrected chi connectivity index (χ0v) is 19.2. The van der Waals surface area contributed by atoms with Gasteiger partial charge in [-0.1, -0.05) is 0 Å². The van der Waals surface area contributed by atoms with Gasteiger partial charge < -0.3 is 19.3 Å². The van der Waals surface area contributed by atoms with E-state index in [1.807, 2.05) is 11.8 Å². The molecule has 1 atom stereocenters. The molecule has 0 spiro atoms. The van der Waals surface area contributed by atoms with Gasteiger partial charge in [0.2, 0.25) is 0 Å². The molecule has 3 aliphatic heterocycles. The van der Waals surface area contributed by atoms with Gasteiger partial charge in [0.1, 0.15) is 5.75 Å². The molecule has 0 bridgehead atoms. The van der Waals surface area contributed by atoms with Crippen LogP contribution in [0, 0.1) is 0 Å². The lowest BCUT2D eigenvalue weighted by Crippen LogP contribution is -2.58. The molecule has 3 fully saturated rings. The zero-order valence-electron chi connectivity index (χ0n) is 19.2. The summed E-state index contributed by atoms with van der Waals surface area (Å²) in [5, 5.41) is 0. The standard InChI is InChI=1S/C24H38N4O3/c1-3-31-24(29)27-17-15-26(16-18-27)22-5-4-12-28(19-22)21-10-13-25(14-11-21)20-6-8-23(30-2)9-7-20/h6-9,21-22H,3-5,10-19H2,1-2H3/t22-/m0/s1. The van der Waals surface area contributed by atoms with E-state index in [1.54, 1.807) is 7.11 Å². The number of amides is 1. The first-order valence-corrected chi connectivity index (χ1v) is 12.0. The van der Waals surface area contributed by atoms with Gasteiger partial charge in [0.05, 0.1) is 13.7 Å². The smallest absolute Gasteiger partial charge is 0.409 e. The summed E-state index contributed by atoms with van der Waals surface area (Å²) in [5.41, 5.74) is 1.30. The van der Waals surface area contributed by atoms with Crippen molar-refractivity contribution in [2.75, 3.05) is 71.0 Å². The summed E-state index contributed by atoms with van der Waals surface area (Å²) in [6, 6.07) is 9.77. The summed E-state index contributed by atoms with van der Waals surface area (Å²) in [4.78, 5) is 21.7. The van der Waals surface area contributed by atoms with E-state index in [-0.39, 0.29) is 6.09 Å². The predicted octanol–water partition coefficient (Wildman–Crippen LogP) is 2.90. The van der Waals surface area contributed by atoms with Gasteiger partial charge in [0.15, 0.2) is 0 Å². The first-order chi connectivity index (χ1) is 15.2. The van der Waals surface area contributed by atoms with Crippen molar-refractivity contribution in [1.29, 1.82) is 0 Å². The molecule has 7 heteroatoms. The number of likely N-dealkylation sites (tertiary alicyclic amines) is 1. The Bertz CT molecular complexity index is 697. The number of rotatable bonds is 5. The van der Waals surface area contributed by atoms with Crippen LogP contribution >= 0.6 is 0 Å². The molecular weight excluding hydrogens is 392 g/mol. The molecule has 0 aliphatic carbocycles. The van der Waals surface area contributed by atoms with E-state index in [4.69, 9.17) is 9.47 Å². The van der Waals surface area contributed by atoms with Crippen LogP contribution in [0.15, 0.2) is 24.3 Å². The first kappa shape index (κ1) is 22.2.